The van der Waals surface area contributed by atoms with Crippen molar-refractivity contribution >= 4 is 23.5 Å². The lowest BCUT2D eigenvalue weighted by molar-refractivity contribution is -0.113. The van der Waals surface area contributed by atoms with Crippen LogP contribution in [0.3, 0.4) is 0 Å². The number of nitrogens with zero attached hydrogens (tertiary/aromatic N) is 1. The third-order valence-corrected chi connectivity index (χ3v) is 4.11. The van der Waals surface area contributed by atoms with Crippen LogP contribution in [0.1, 0.15) is 16.4 Å². The van der Waals surface area contributed by atoms with E-state index in [0.717, 1.165) is 6.07 Å². The highest BCUT2D eigenvalue weighted by molar-refractivity contribution is 8.00. The van der Waals surface area contributed by atoms with Crippen molar-refractivity contribution in [1.82, 2.24) is 10.2 Å². The summed E-state index contributed by atoms with van der Waals surface area (Å²) in [7, 11) is 0. The summed E-state index contributed by atoms with van der Waals surface area (Å²) in [5, 5.41) is 8.78. The van der Waals surface area contributed by atoms with E-state index in [1.54, 1.807) is 6.20 Å². The average Bonchev–Trinajstić information content (AvgIpc) is 2.74. The number of H-pyrrole nitrogens is 1. The Morgan fingerprint density at radius 2 is 2.16 bits per heavy atom. The van der Waals surface area contributed by atoms with Gasteiger partial charge in [0.2, 0.25) is 5.91 Å². The summed E-state index contributed by atoms with van der Waals surface area (Å²) in [5.74, 6) is -0.769. The second-order valence-corrected chi connectivity index (χ2v) is 5.20. The summed E-state index contributed by atoms with van der Waals surface area (Å²) in [6, 6.07) is 3.45. The minimum absolute atomic E-state index is 0.180. The van der Waals surface area contributed by atoms with Crippen LogP contribution >= 0.6 is 11.8 Å². The molecule has 1 amide bonds. The first-order chi connectivity index (χ1) is 9.15. The molecule has 0 unspecified atom stereocenters. The van der Waals surface area contributed by atoms with Crippen LogP contribution in [0.15, 0.2) is 24.4 Å². The van der Waals surface area contributed by atoms with Crippen LogP contribution in [0.25, 0.3) is 0 Å². The Kier molecular flexibility index (Phi) is 2.98. The highest BCUT2D eigenvalue weighted by atomic mass is 32.2. The second kappa shape index (κ2) is 4.65. The summed E-state index contributed by atoms with van der Waals surface area (Å²) in [6.45, 7) is 0. The van der Waals surface area contributed by atoms with E-state index in [2.05, 4.69) is 15.5 Å². The smallest absolute Gasteiger partial charge is 0.235 e. The number of benzene rings is 1. The molecule has 0 aliphatic carbocycles. The van der Waals surface area contributed by atoms with Gasteiger partial charge in [-0.25, -0.2) is 8.78 Å². The number of halogens is 2. The van der Waals surface area contributed by atoms with Gasteiger partial charge in [-0.1, -0.05) is 6.07 Å². The maximum atomic E-state index is 13.9. The topological polar surface area (TPSA) is 57.8 Å². The number of rotatable bonds is 1. The zero-order valence-electron chi connectivity index (χ0n) is 9.61. The molecule has 1 atom stereocenters. The number of hydrogen-bond acceptors (Lipinski definition) is 3. The van der Waals surface area contributed by atoms with Crippen LogP contribution in [0, 0.1) is 11.6 Å². The number of fused-ring (bicyclic) bond motifs is 1. The number of thioether (sulfide) groups is 1. The molecule has 2 N–H and O–H groups in total. The number of carbonyl (C=O) groups excluding carboxylic acids is 1. The van der Waals surface area contributed by atoms with Gasteiger partial charge in [0.25, 0.3) is 0 Å². The lowest BCUT2D eigenvalue weighted by Gasteiger charge is -2.14. The first kappa shape index (κ1) is 12.2. The predicted octanol–water partition coefficient (Wildman–Crippen LogP) is 2.46. The maximum absolute atomic E-state index is 13.9. The highest BCUT2D eigenvalue weighted by Gasteiger charge is 2.27. The van der Waals surface area contributed by atoms with Crippen molar-refractivity contribution in [3.8, 4) is 0 Å². The largest absolute Gasteiger partial charge is 0.310 e. The van der Waals surface area contributed by atoms with Crippen molar-refractivity contribution in [2.45, 2.75) is 5.25 Å². The summed E-state index contributed by atoms with van der Waals surface area (Å²) >= 11 is 1.28. The van der Waals surface area contributed by atoms with Crippen molar-refractivity contribution in [3.63, 3.8) is 0 Å². The fourth-order valence-corrected chi connectivity index (χ4v) is 3.11. The van der Waals surface area contributed by atoms with Crippen LogP contribution in [0.2, 0.25) is 0 Å². The van der Waals surface area contributed by atoms with Gasteiger partial charge in [-0.05, 0) is 6.07 Å². The summed E-state index contributed by atoms with van der Waals surface area (Å²) in [5.41, 5.74) is 1.02. The molecule has 0 bridgehead atoms. The molecule has 0 fully saturated rings. The molecule has 0 saturated carbocycles. The van der Waals surface area contributed by atoms with Crippen molar-refractivity contribution in [1.29, 1.82) is 0 Å². The number of amides is 1. The quantitative estimate of drug-likeness (QED) is 0.844. The minimum Gasteiger partial charge on any atom is -0.310 e. The summed E-state index contributed by atoms with van der Waals surface area (Å²) < 4.78 is 26.8. The third kappa shape index (κ3) is 2.21. The van der Waals surface area contributed by atoms with E-state index in [1.165, 1.54) is 23.9 Å². The molecule has 1 aliphatic heterocycles. The number of aromatic amines is 1. The highest BCUT2D eigenvalue weighted by Crippen LogP contribution is 2.41. The van der Waals surface area contributed by atoms with Crippen LogP contribution < -0.4 is 5.32 Å². The van der Waals surface area contributed by atoms with E-state index in [4.69, 9.17) is 0 Å². The fourth-order valence-electron chi connectivity index (χ4n) is 1.99. The van der Waals surface area contributed by atoms with Gasteiger partial charge in [0, 0.05) is 17.2 Å². The lowest BCUT2D eigenvalue weighted by Crippen LogP contribution is -2.12. The van der Waals surface area contributed by atoms with E-state index in [1.807, 2.05) is 0 Å². The first-order valence-electron chi connectivity index (χ1n) is 5.55. The monoisotopic (exact) mass is 281 g/mol. The first-order valence-corrected chi connectivity index (χ1v) is 6.59. The van der Waals surface area contributed by atoms with Gasteiger partial charge >= 0.3 is 0 Å². The zero-order chi connectivity index (χ0) is 13.4. The van der Waals surface area contributed by atoms with Crippen molar-refractivity contribution < 1.29 is 13.6 Å². The number of carbonyl (C=O) groups is 1. The van der Waals surface area contributed by atoms with E-state index >= 15 is 0 Å². The molecule has 1 aromatic carbocycles. The molecular weight excluding hydrogens is 272 g/mol. The lowest BCUT2D eigenvalue weighted by atomic mass is 10.1. The van der Waals surface area contributed by atoms with Crippen LogP contribution in [-0.2, 0) is 4.79 Å². The molecule has 7 heteroatoms. The van der Waals surface area contributed by atoms with E-state index < -0.39 is 16.9 Å². The molecule has 1 aliphatic rings. The normalized spacial score (nSPS) is 18.6. The van der Waals surface area contributed by atoms with Crippen LogP contribution in [0.5, 0.6) is 0 Å². The molecule has 3 rings (SSSR count). The molecule has 1 aromatic heterocycles. The molecule has 0 saturated heterocycles. The molecule has 2 heterocycles. The third-order valence-electron chi connectivity index (χ3n) is 2.84. The predicted molar refractivity (Wildman–Crippen MR) is 67.9 cm³/mol. The molecular formula is C12H9F2N3OS. The van der Waals surface area contributed by atoms with E-state index in [0.29, 0.717) is 16.9 Å². The van der Waals surface area contributed by atoms with Gasteiger partial charge in [-0.15, -0.1) is 11.8 Å². The standard InChI is InChI=1S/C12H9F2N3OS/c13-6-1-2-7(9(14)3-6)11-8-4-15-17-12(8)16-10(18)5-19-11/h1-4,11H,5H2,(H2,15,16,17,18)/t11-/m0/s1. The molecule has 98 valence electrons. The number of anilines is 1. The van der Waals surface area contributed by atoms with Crippen molar-refractivity contribution in [3.05, 3.63) is 47.2 Å². The van der Waals surface area contributed by atoms with Gasteiger partial charge in [0.15, 0.2) is 0 Å². The zero-order valence-corrected chi connectivity index (χ0v) is 10.4. The van der Waals surface area contributed by atoms with Crippen LogP contribution in [-0.4, -0.2) is 21.9 Å². The molecule has 2 aromatic rings. The Bertz CT molecular complexity index is 644. The van der Waals surface area contributed by atoms with Crippen LogP contribution in [0.4, 0.5) is 14.6 Å². The number of aromatic nitrogens is 2. The van der Waals surface area contributed by atoms with Gasteiger partial charge in [-0.3, -0.25) is 9.89 Å². The average molecular weight is 281 g/mol. The number of hydrogen-bond donors (Lipinski definition) is 2. The molecule has 0 spiro atoms. The Labute approximate surface area is 111 Å². The Morgan fingerprint density at radius 3 is 2.95 bits per heavy atom. The molecule has 4 nitrogen and oxygen atoms in total. The molecule has 0 radical (unpaired) electrons. The maximum Gasteiger partial charge on any atom is 0.235 e. The SMILES string of the molecule is O=C1CS[C@@H](c2ccc(F)cc2F)c2cn[nH]c2N1. The molecule has 19 heavy (non-hydrogen) atoms. The van der Waals surface area contributed by atoms with E-state index in [-0.39, 0.29) is 11.7 Å². The van der Waals surface area contributed by atoms with Gasteiger partial charge in [0.05, 0.1) is 17.2 Å². The fraction of sp³-hybridized carbons (Fsp3) is 0.167. The minimum atomic E-state index is -0.626. The summed E-state index contributed by atoms with van der Waals surface area (Å²) in [4.78, 5) is 11.5. The Balaban J connectivity index is 2.08. The van der Waals surface area contributed by atoms with Gasteiger partial charge in [-0.2, -0.15) is 5.10 Å². The Hall–Kier alpha value is -1.89. The van der Waals surface area contributed by atoms with Gasteiger partial charge in [0.1, 0.15) is 17.5 Å². The van der Waals surface area contributed by atoms with E-state index in [9.17, 15) is 13.6 Å². The van der Waals surface area contributed by atoms with Gasteiger partial charge < -0.3 is 5.32 Å². The second-order valence-electron chi connectivity index (χ2n) is 4.11. The van der Waals surface area contributed by atoms with Crippen molar-refractivity contribution in [2.24, 2.45) is 0 Å². The Morgan fingerprint density at radius 1 is 1.32 bits per heavy atom. The number of nitrogens with one attached hydrogen (secondary N) is 2. The van der Waals surface area contributed by atoms with Crippen molar-refractivity contribution in [2.75, 3.05) is 11.1 Å². The summed E-state index contributed by atoms with van der Waals surface area (Å²) in [6.07, 6.45) is 1.54.